The van der Waals surface area contributed by atoms with Crippen LogP contribution in [0.5, 0.6) is 5.75 Å². The number of nitriles is 1. The molecule has 0 N–H and O–H groups in total. The molecule has 0 aliphatic heterocycles. The zero-order valence-electron chi connectivity index (χ0n) is 13.6. The molecule has 2 heterocycles. The van der Waals surface area contributed by atoms with Crippen LogP contribution in [0.2, 0.25) is 0 Å². The molecule has 4 rings (SSSR count). The molecule has 0 saturated heterocycles. The lowest BCUT2D eigenvalue weighted by Gasteiger charge is -2.10. The molecule has 0 amide bonds. The molecule has 2 aromatic carbocycles. The Kier molecular flexibility index (Phi) is 3.48. The van der Waals surface area contributed by atoms with Crippen molar-refractivity contribution in [2.75, 3.05) is 7.11 Å². The molecule has 0 atom stereocenters. The highest BCUT2D eigenvalue weighted by atomic mass is 16.5. The van der Waals surface area contributed by atoms with Crippen molar-refractivity contribution in [2.45, 2.75) is 0 Å². The fourth-order valence-electron chi connectivity index (χ4n) is 3.14. The predicted octanol–water partition coefficient (Wildman–Crippen LogP) is 4.20. The molecule has 0 aliphatic rings. The summed E-state index contributed by atoms with van der Waals surface area (Å²) in [5.74, 6) is 0.346. The third-order valence-corrected chi connectivity index (χ3v) is 4.35. The molecule has 25 heavy (non-hydrogen) atoms. The lowest BCUT2D eigenvalue weighted by molar-refractivity contribution is 0.104. The summed E-state index contributed by atoms with van der Waals surface area (Å²) >= 11 is 0. The van der Waals surface area contributed by atoms with Crippen molar-refractivity contribution < 1.29 is 9.53 Å². The topological polar surface area (TPSA) is 54.5 Å². The number of benzene rings is 2. The van der Waals surface area contributed by atoms with Crippen LogP contribution in [0.15, 0.2) is 66.9 Å². The van der Waals surface area contributed by atoms with E-state index in [4.69, 9.17) is 4.74 Å². The van der Waals surface area contributed by atoms with Gasteiger partial charge in [-0.25, -0.2) is 0 Å². The minimum Gasteiger partial charge on any atom is -0.495 e. The summed E-state index contributed by atoms with van der Waals surface area (Å²) in [6.07, 6.45) is 1.95. The van der Waals surface area contributed by atoms with Crippen molar-refractivity contribution in [3.05, 3.63) is 83.6 Å². The predicted molar refractivity (Wildman–Crippen MR) is 96.0 cm³/mol. The average Bonchev–Trinajstić information content (AvgIpc) is 3.16. The van der Waals surface area contributed by atoms with Gasteiger partial charge in [-0.15, -0.1) is 0 Å². The highest BCUT2D eigenvalue weighted by Gasteiger charge is 2.16. The molecule has 0 fully saturated rings. The van der Waals surface area contributed by atoms with Gasteiger partial charge in [0.2, 0.25) is 0 Å². The fourth-order valence-corrected chi connectivity index (χ4v) is 3.14. The molecule has 0 saturated carbocycles. The van der Waals surface area contributed by atoms with Gasteiger partial charge < -0.3 is 9.14 Å². The Morgan fingerprint density at radius 1 is 1.04 bits per heavy atom. The van der Waals surface area contributed by atoms with Crippen LogP contribution in [0.1, 0.15) is 21.5 Å². The van der Waals surface area contributed by atoms with Gasteiger partial charge in [-0.05, 0) is 47.9 Å². The normalized spacial score (nSPS) is 10.7. The number of fused-ring (bicyclic) bond motifs is 3. The smallest absolute Gasteiger partial charge is 0.195 e. The summed E-state index contributed by atoms with van der Waals surface area (Å²) in [5, 5.41) is 10.3. The van der Waals surface area contributed by atoms with Gasteiger partial charge in [-0.3, -0.25) is 4.79 Å². The summed E-state index contributed by atoms with van der Waals surface area (Å²) in [7, 11) is 1.51. The maximum atomic E-state index is 13.1. The largest absolute Gasteiger partial charge is 0.495 e. The number of ketones is 1. The Morgan fingerprint density at radius 2 is 1.84 bits per heavy atom. The number of ether oxygens (including phenoxy) is 1. The molecule has 120 valence electrons. The summed E-state index contributed by atoms with van der Waals surface area (Å²) in [6.45, 7) is 0. The van der Waals surface area contributed by atoms with E-state index >= 15 is 0 Å². The van der Waals surface area contributed by atoms with Crippen molar-refractivity contribution in [3.8, 4) is 11.8 Å². The van der Waals surface area contributed by atoms with Crippen molar-refractivity contribution in [1.82, 2.24) is 4.40 Å². The first-order valence-electron chi connectivity index (χ1n) is 7.84. The van der Waals surface area contributed by atoms with Crippen LogP contribution in [-0.4, -0.2) is 17.3 Å². The highest BCUT2D eigenvalue weighted by Crippen LogP contribution is 2.26. The minimum atomic E-state index is -0.117. The van der Waals surface area contributed by atoms with E-state index in [9.17, 15) is 10.1 Å². The molecule has 2 aromatic heterocycles. The van der Waals surface area contributed by atoms with Gasteiger partial charge in [0.05, 0.1) is 23.7 Å². The number of hydrogen-bond donors (Lipinski definition) is 0. The zero-order valence-corrected chi connectivity index (χ0v) is 13.6. The second-order valence-electron chi connectivity index (χ2n) is 5.74. The Morgan fingerprint density at radius 3 is 2.64 bits per heavy atom. The molecular formula is C21H14N2O2. The molecule has 0 unspecified atom stereocenters. The zero-order chi connectivity index (χ0) is 17.4. The second kappa shape index (κ2) is 5.81. The van der Waals surface area contributed by atoms with Crippen LogP contribution < -0.4 is 4.74 Å². The summed E-state index contributed by atoms with van der Waals surface area (Å²) in [5.41, 5.74) is 3.32. The molecule has 4 aromatic rings. The molecule has 4 heteroatoms. The SMILES string of the molecule is COc1ccc(C(=O)c2cc3ccccc3n3cccc23)cc1C#N. The first-order chi connectivity index (χ1) is 12.2. The summed E-state index contributed by atoms with van der Waals surface area (Å²) in [6, 6.07) is 20.7. The maximum absolute atomic E-state index is 13.1. The standard InChI is InChI=1S/C21H14N2O2/c1-25-20-9-8-15(11-16(20)13-22)21(24)17-12-14-5-2-3-6-18(14)23-10-4-7-19(17)23/h2-12H,1H3. The van der Waals surface area contributed by atoms with Crippen molar-refractivity contribution >= 4 is 22.2 Å². The third-order valence-electron chi connectivity index (χ3n) is 4.35. The van der Waals surface area contributed by atoms with Gasteiger partial charge in [-0.1, -0.05) is 18.2 Å². The molecule has 4 nitrogen and oxygen atoms in total. The number of aromatic nitrogens is 1. The van der Waals surface area contributed by atoms with E-state index in [1.54, 1.807) is 18.2 Å². The molecule has 0 spiro atoms. The molecule has 0 aliphatic carbocycles. The van der Waals surface area contributed by atoms with Crippen molar-refractivity contribution in [3.63, 3.8) is 0 Å². The molecule has 0 bridgehead atoms. The van der Waals surface area contributed by atoms with E-state index in [0.29, 0.717) is 22.4 Å². The number of methoxy groups -OCH3 is 1. The van der Waals surface area contributed by atoms with Crippen LogP contribution in [0, 0.1) is 11.3 Å². The fraction of sp³-hybridized carbons (Fsp3) is 0.0476. The first-order valence-corrected chi connectivity index (χ1v) is 7.84. The number of carbonyl (C=O) groups is 1. The van der Waals surface area contributed by atoms with Crippen molar-refractivity contribution in [2.24, 2.45) is 0 Å². The Hall–Kier alpha value is -3.58. The van der Waals surface area contributed by atoms with Crippen LogP contribution in [-0.2, 0) is 0 Å². The molecule has 0 radical (unpaired) electrons. The quantitative estimate of drug-likeness (QED) is 0.530. The number of para-hydroxylation sites is 1. The first kappa shape index (κ1) is 15.0. The monoisotopic (exact) mass is 326 g/mol. The third kappa shape index (κ3) is 2.34. The van der Waals surface area contributed by atoms with E-state index < -0.39 is 0 Å². The lowest BCUT2D eigenvalue weighted by atomic mass is 9.99. The average molecular weight is 326 g/mol. The van der Waals surface area contributed by atoms with Gasteiger partial charge in [0.1, 0.15) is 11.8 Å². The minimum absolute atomic E-state index is 0.117. The Balaban J connectivity index is 1.93. The Labute approximate surface area is 144 Å². The number of pyridine rings is 1. The van der Waals surface area contributed by atoms with Crippen LogP contribution in [0.25, 0.3) is 16.4 Å². The van der Waals surface area contributed by atoms with E-state index in [-0.39, 0.29) is 5.78 Å². The van der Waals surface area contributed by atoms with Crippen LogP contribution >= 0.6 is 0 Å². The highest BCUT2D eigenvalue weighted by molar-refractivity contribution is 6.15. The van der Waals surface area contributed by atoms with Gasteiger partial charge in [0.25, 0.3) is 0 Å². The maximum Gasteiger partial charge on any atom is 0.195 e. The van der Waals surface area contributed by atoms with Crippen molar-refractivity contribution in [1.29, 1.82) is 5.26 Å². The molecular weight excluding hydrogens is 312 g/mol. The van der Waals surface area contributed by atoms with E-state index in [1.807, 2.05) is 53.1 Å². The Bertz CT molecular complexity index is 1170. The summed E-state index contributed by atoms with van der Waals surface area (Å²) in [4.78, 5) is 13.1. The van der Waals surface area contributed by atoms with Crippen LogP contribution in [0.4, 0.5) is 0 Å². The number of rotatable bonds is 3. The van der Waals surface area contributed by atoms with Gasteiger partial charge in [0.15, 0.2) is 5.78 Å². The van der Waals surface area contributed by atoms with Gasteiger partial charge in [0, 0.05) is 17.3 Å². The number of carbonyl (C=O) groups excluding carboxylic acids is 1. The van der Waals surface area contributed by atoms with Crippen LogP contribution in [0.3, 0.4) is 0 Å². The summed E-state index contributed by atoms with van der Waals surface area (Å²) < 4.78 is 7.17. The van der Waals surface area contributed by atoms with E-state index in [1.165, 1.54) is 7.11 Å². The van der Waals surface area contributed by atoms with E-state index in [0.717, 1.165) is 16.4 Å². The second-order valence-corrected chi connectivity index (χ2v) is 5.74. The van der Waals surface area contributed by atoms with Gasteiger partial charge >= 0.3 is 0 Å². The van der Waals surface area contributed by atoms with E-state index in [2.05, 4.69) is 6.07 Å². The number of nitrogens with zero attached hydrogens (tertiary/aromatic N) is 2. The lowest BCUT2D eigenvalue weighted by Crippen LogP contribution is -2.05. The van der Waals surface area contributed by atoms with Gasteiger partial charge in [-0.2, -0.15) is 5.26 Å². The number of hydrogen-bond acceptors (Lipinski definition) is 3.